The van der Waals surface area contributed by atoms with Crippen LogP contribution in [-0.2, 0) is 0 Å². The van der Waals surface area contributed by atoms with Crippen LogP contribution in [0.25, 0.3) is 0 Å². The van der Waals surface area contributed by atoms with Gasteiger partial charge in [0.25, 0.3) is 0 Å². The fraction of sp³-hybridized carbons (Fsp3) is 1.00. The Labute approximate surface area is 83.3 Å². The molecule has 0 amide bonds. The summed E-state index contributed by atoms with van der Waals surface area (Å²) in [6, 6.07) is 0. The molecule has 8 heavy (non-hydrogen) atoms. The Morgan fingerprint density at radius 1 is 1.00 bits per heavy atom. The lowest BCUT2D eigenvalue weighted by Crippen LogP contribution is -2.10. The topological polar surface area (TPSA) is 0 Å². The third-order valence-corrected chi connectivity index (χ3v) is 3.91. The average molecular weight is 374 g/mol. The van der Waals surface area contributed by atoms with Gasteiger partial charge in [0.1, 0.15) is 0 Å². The molecule has 0 saturated carbocycles. The highest BCUT2D eigenvalue weighted by Crippen LogP contribution is 2.22. The van der Waals surface area contributed by atoms with Crippen LogP contribution in [0.1, 0.15) is 0 Å². The lowest BCUT2D eigenvalue weighted by atomic mass is 10.3. The van der Waals surface area contributed by atoms with Crippen LogP contribution in [-0.4, -0.2) is 14.4 Å². The lowest BCUT2D eigenvalue weighted by molar-refractivity contribution is 0.774. The fourth-order valence-electron chi connectivity index (χ4n) is 0.176. The van der Waals surface area contributed by atoms with Gasteiger partial charge in [-0.1, -0.05) is 63.7 Å². The van der Waals surface area contributed by atoms with E-state index >= 15 is 0 Å². The largest absolute Gasteiger partial charge is 0.0924 e. The zero-order chi connectivity index (χ0) is 6.57. The normalized spacial score (nSPS) is 11.2. The van der Waals surface area contributed by atoms with Gasteiger partial charge in [-0.2, -0.15) is 0 Å². The molecule has 0 saturated heterocycles. The summed E-state index contributed by atoms with van der Waals surface area (Å²) in [6.07, 6.45) is 0. The third-order valence-electron chi connectivity index (χ3n) is 0.753. The second kappa shape index (κ2) is 5.69. The summed E-state index contributed by atoms with van der Waals surface area (Å²) in [4.78, 5) is 0. The van der Waals surface area contributed by atoms with E-state index in [1.54, 1.807) is 0 Å². The van der Waals surface area contributed by atoms with Crippen LogP contribution < -0.4 is 0 Å². The summed E-state index contributed by atoms with van der Waals surface area (Å²) < 4.78 is 0.411. The Morgan fingerprint density at radius 2 is 1.38 bits per heavy atom. The van der Waals surface area contributed by atoms with E-state index in [1.165, 1.54) is 0 Å². The van der Waals surface area contributed by atoms with Gasteiger partial charge in [-0.15, -0.1) is 0 Å². The second-order valence-corrected chi connectivity index (χ2v) is 5.90. The molecule has 0 atom stereocenters. The molecule has 0 aromatic heterocycles. The van der Waals surface area contributed by atoms with Gasteiger partial charge in [0.05, 0.1) is 3.74 Å². The molecule has 0 rings (SSSR count). The monoisotopic (exact) mass is 370 g/mol. The van der Waals surface area contributed by atoms with E-state index < -0.39 is 0 Å². The predicted octanol–water partition coefficient (Wildman–Crippen LogP) is 3.51. The van der Waals surface area contributed by atoms with Gasteiger partial charge in [0.15, 0.2) is 0 Å². The molecule has 4 heteroatoms. The van der Waals surface area contributed by atoms with Crippen LogP contribution in [0.2, 0.25) is 0 Å². The van der Waals surface area contributed by atoms with Crippen LogP contribution >= 0.6 is 63.7 Å². The lowest BCUT2D eigenvalue weighted by Gasteiger charge is -2.09. The maximum Gasteiger partial charge on any atom is 0.0741 e. The van der Waals surface area contributed by atoms with Crippen molar-refractivity contribution in [3.63, 3.8) is 0 Å². The molecule has 0 aromatic rings. The van der Waals surface area contributed by atoms with Gasteiger partial charge in [0, 0.05) is 16.6 Å². The van der Waals surface area contributed by atoms with Crippen molar-refractivity contribution in [2.75, 3.05) is 10.7 Å². The number of rotatable bonds is 3. The molecule has 0 N–H and O–H groups in total. The standard InChI is InChI=1S/C4H6Br4/c5-1-3(2-6)4(7)8/h3-4H,1-2H2. The van der Waals surface area contributed by atoms with E-state index in [-0.39, 0.29) is 0 Å². The first-order valence-electron chi connectivity index (χ1n) is 2.12. The molecule has 0 aliphatic carbocycles. The Balaban J connectivity index is 3.35. The molecule has 0 aliphatic heterocycles. The van der Waals surface area contributed by atoms with Crippen molar-refractivity contribution in [2.45, 2.75) is 3.74 Å². The summed E-state index contributed by atoms with van der Waals surface area (Å²) in [7, 11) is 0. The molecule has 0 bridgehead atoms. The SMILES string of the molecule is BrCC(CBr)C(Br)Br. The Morgan fingerprint density at radius 3 is 1.38 bits per heavy atom. The first-order chi connectivity index (χ1) is 3.72. The molecule has 0 aromatic carbocycles. The Hall–Kier alpha value is 1.92. The van der Waals surface area contributed by atoms with Crippen LogP contribution in [0.3, 0.4) is 0 Å². The van der Waals surface area contributed by atoms with E-state index in [9.17, 15) is 0 Å². The fourth-order valence-corrected chi connectivity index (χ4v) is 4.75. The van der Waals surface area contributed by atoms with Crippen LogP contribution in [0.5, 0.6) is 0 Å². The van der Waals surface area contributed by atoms with Gasteiger partial charge < -0.3 is 0 Å². The van der Waals surface area contributed by atoms with Gasteiger partial charge >= 0.3 is 0 Å². The highest BCUT2D eigenvalue weighted by molar-refractivity contribution is 9.24. The summed E-state index contributed by atoms with van der Waals surface area (Å²) >= 11 is 13.6. The summed E-state index contributed by atoms with van der Waals surface area (Å²) in [5.41, 5.74) is 0. The second-order valence-electron chi connectivity index (χ2n) is 1.40. The molecule has 0 nitrogen and oxygen atoms in total. The molecule has 0 heterocycles. The number of hydrogen-bond donors (Lipinski definition) is 0. The Bertz CT molecular complexity index is 50.0. The van der Waals surface area contributed by atoms with E-state index in [2.05, 4.69) is 63.7 Å². The molecule has 0 fully saturated rings. The van der Waals surface area contributed by atoms with Crippen LogP contribution in [0, 0.1) is 5.92 Å². The van der Waals surface area contributed by atoms with Gasteiger partial charge in [0.2, 0.25) is 0 Å². The van der Waals surface area contributed by atoms with E-state index in [1.807, 2.05) is 0 Å². The van der Waals surface area contributed by atoms with Crippen molar-refractivity contribution in [1.29, 1.82) is 0 Å². The van der Waals surface area contributed by atoms with Crippen molar-refractivity contribution in [3.05, 3.63) is 0 Å². The van der Waals surface area contributed by atoms with Gasteiger partial charge in [-0.25, -0.2) is 0 Å². The number of alkyl halides is 4. The average Bonchev–Trinajstić information content (AvgIpc) is 1.69. The molecular weight excluding hydrogens is 368 g/mol. The molecule has 0 unspecified atom stereocenters. The summed E-state index contributed by atoms with van der Waals surface area (Å²) in [5, 5.41) is 2.03. The van der Waals surface area contributed by atoms with Gasteiger partial charge in [-0.3, -0.25) is 0 Å². The molecule has 0 aliphatic rings. The summed E-state index contributed by atoms with van der Waals surface area (Å²) in [6.45, 7) is 0. The highest BCUT2D eigenvalue weighted by atomic mass is 79.9. The predicted molar refractivity (Wildman–Crippen MR) is 52.7 cm³/mol. The smallest absolute Gasteiger partial charge is 0.0741 e. The van der Waals surface area contributed by atoms with Crippen molar-refractivity contribution in [2.24, 2.45) is 5.92 Å². The van der Waals surface area contributed by atoms with Crippen molar-refractivity contribution in [3.8, 4) is 0 Å². The van der Waals surface area contributed by atoms with Crippen molar-refractivity contribution in [1.82, 2.24) is 0 Å². The zero-order valence-corrected chi connectivity index (χ0v) is 10.4. The zero-order valence-electron chi connectivity index (χ0n) is 4.08. The third kappa shape index (κ3) is 3.85. The van der Waals surface area contributed by atoms with Crippen molar-refractivity contribution >= 4 is 63.7 Å². The highest BCUT2D eigenvalue weighted by Gasteiger charge is 2.11. The minimum Gasteiger partial charge on any atom is -0.0924 e. The molecule has 0 spiro atoms. The minimum absolute atomic E-state index is 0.411. The van der Waals surface area contributed by atoms with Gasteiger partial charge in [-0.05, 0) is 0 Å². The van der Waals surface area contributed by atoms with Crippen LogP contribution in [0.15, 0.2) is 0 Å². The summed E-state index contributed by atoms with van der Waals surface area (Å²) in [5.74, 6) is 0.620. The number of hydrogen-bond acceptors (Lipinski definition) is 0. The first-order valence-corrected chi connectivity index (χ1v) is 6.20. The van der Waals surface area contributed by atoms with E-state index in [0.29, 0.717) is 9.65 Å². The first kappa shape index (κ1) is 9.92. The molecule has 50 valence electrons. The van der Waals surface area contributed by atoms with Crippen molar-refractivity contribution < 1.29 is 0 Å². The Kier molecular flexibility index (Phi) is 7.05. The van der Waals surface area contributed by atoms with E-state index in [0.717, 1.165) is 10.7 Å². The quantitative estimate of drug-likeness (QED) is 0.664. The minimum atomic E-state index is 0.411. The maximum absolute atomic E-state index is 3.42. The van der Waals surface area contributed by atoms with E-state index in [4.69, 9.17) is 0 Å². The maximum atomic E-state index is 3.42. The molecular formula is C4H6Br4. The molecule has 0 radical (unpaired) electrons. The number of halogens is 4. The van der Waals surface area contributed by atoms with Crippen LogP contribution in [0.4, 0.5) is 0 Å².